The number of ketones is 1. The van der Waals surface area contributed by atoms with Crippen LogP contribution in [0.3, 0.4) is 0 Å². The molecule has 0 bridgehead atoms. The average Bonchev–Trinajstić information content (AvgIpc) is 2.22. The molecule has 78 valence electrons. The van der Waals surface area contributed by atoms with Gasteiger partial charge >= 0.3 is 0 Å². The number of carbonyl (C=O) groups is 1. The molecule has 0 fully saturated rings. The Labute approximate surface area is 94.8 Å². The zero-order valence-electron chi connectivity index (χ0n) is 8.72. The molecule has 0 radical (unpaired) electrons. The smallest absolute Gasteiger partial charge is 0.155 e. The summed E-state index contributed by atoms with van der Waals surface area (Å²) in [6.07, 6.45) is 4.37. The Bertz CT molecular complexity index is 432. The van der Waals surface area contributed by atoms with Crippen LogP contribution in [0.4, 0.5) is 0 Å². The quantitative estimate of drug-likeness (QED) is 0.704. The number of benzene rings is 1. The van der Waals surface area contributed by atoms with Crippen molar-refractivity contribution in [3.05, 3.63) is 40.4 Å². The summed E-state index contributed by atoms with van der Waals surface area (Å²) in [5.41, 5.74) is 3.27. The Kier molecular flexibility index (Phi) is 2.92. The minimum atomic E-state index is 0.230. The van der Waals surface area contributed by atoms with Crippen molar-refractivity contribution in [1.29, 1.82) is 0 Å². The first-order valence-corrected chi connectivity index (χ1v) is 5.54. The van der Waals surface area contributed by atoms with Gasteiger partial charge in [-0.25, -0.2) is 0 Å². The molecule has 0 aromatic heterocycles. The lowest BCUT2D eigenvalue weighted by Gasteiger charge is -2.12. The van der Waals surface area contributed by atoms with E-state index in [0.717, 1.165) is 34.6 Å². The SMILES string of the molecule is Cc1ccc(C2=CC(=O)CCC2)cc1Cl. The molecule has 0 atom stereocenters. The highest BCUT2D eigenvalue weighted by atomic mass is 35.5. The van der Waals surface area contributed by atoms with Gasteiger partial charge in [-0.05, 0) is 48.6 Å². The molecule has 1 aromatic carbocycles. The third kappa shape index (κ3) is 2.29. The lowest BCUT2D eigenvalue weighted by molar-refractivity contribution is -0.114. The highest BCUT2D eigenvalue weighted by molar-refractivity contribution is 6.31. The number of halogens is 1. The van der Waals surface area contributed by atoms with Gasteiger partial charge < -0.3 is 0 Å². The summed E-state index contributed by atoms with van der Waals surface area (Å²) in [7, 11) is 0. The molecule has 2 heteroatoms. The van der Waals surface area contributed by atoms with Crippen LogP contribution in [0.25, 0.3) is 5.57 Å². The molecule has 0 amide bonds. The third-order valence-corrected chi connectivity index (χ3v) is 3.15. The number of rotatable bonds is 1. The van der Waals surface area contributed by atoms with E-state index in [0.29, 0.717) is 6.42 Å². The number of allylic oxidation sites excluding steroid dienone is 2. The Balaban J connectivity index is 2.37. The lowest BCUT2D eigenvalue weighted by atomic mass is 9.93. The van der Waals surface area contributed by atoms with Crippen LogP contribution >= 0.6 is 11.6 Å². The van der Waals surface area contributed by atoms with Crippen LogP contribution in [-0.4, -0.2) is 5.78 Å². The fraction of sp³-hybridized carbons (Fsp3) is 0.308. The van der Waals surface area contributed by atoms with Gasteiger partial charge in [-0.15, -0.1) is 0 Å². The van der Waals surface area contributed by atoms with Gasteiger partial charge in [-0.3, -0.25) is 4.79 Å². The van der Waals surface area contributed by atoms with Crippen molar-refractivity contribution in [2.45, 2.75) is 26.2 Å². The molecule has 0 N–H and O–H groups in total. The molecule has 1 aromatic rings. The summed E-state index contributed by atoms with van der Waals surface area (Å²) in [4.78, 5) is 11.3. The van der Waals surface area contributed by atoms with Gasteiger partial charge in [0, 0.05) is 11.4 Å². The molecule has 0 heterocycles. The molecule has 0 saturated carbocycles. The summed E-state index contributed by atoms with van der Waals surface area (Å²) in [6, 6.07) is 5.98. The van der Waals surface area contributed by atoms with E-state index in [1.54, 1.807) is 6.08 Å². The minimum absolute atomic E-state index is 0.230. The monoisotopic (exact) mass is 220 g/mol. The van der Waals surface area contributed by atoms with Crippen LogP contribution in [0.15, 0.2) is 24.3 Å². The van der Waals surface area contributed by atoms with E-state index >= 15 is 0 Å². The minimum Gasteiger partial charge on any atom is -0.295 e. The fourth-order valence-electron chi connectivity index (χ4n) is 1.81. The van der Waals surface area contributed by atoms with E-state index in [4.69, 9.17) is 11.6 Å². The zero-order chi connectivity index (χ0) is 10.8. The van der Waals surface area contributed by atoms with E-state index < -0.39 is 0 Å². The zero-order valence-corrected chi connectivity index (χ0v) is 9.47. The lowest BCUT2D eigenvalue weighted by Crippen LogP contribution is -2.02. The molecule has 0 unspecified atom stereocenters. The molecule has 0 spiro atoms. The maximum Gasteiger partial charge on any atom is 0.155 e. The standard InChI is InChI=1S/C13H13ClO/c1-9-5-6-11(8-13(9)14)10-3-2-4-12(15)7-10/h5-8H,2-4H2,1H3. The molecule has 15 heavy (non-hydrogen) atoms. The van der Waals surface area contributed by atoms with Crippen molar-refractivity contribution in [3.8, 4) is 0 Å². The first-order valence-electron chi connectivity index (χ1n) is 5.17. The summed E-state index contributed by atoms with van der Waals surface area (Å²) >= 11 is 6.06. The van der Waals surface area contributed by atoms with Gasteiger partial charge in [0.25, 0.3) is 0 Å². The predicted molar refractivity (Wildman–Crippen MR) is 63.0 cm³/mol. The largest absolute Gasteiger partial charge is 0.295 e. The van der Waals surface area contributed by atoms with Crippen LogP contribution in [0, 0.1) is 6.92 Å². The number of hydrogen-bond donors (Lipinski definition) is 0. The second-order valence-corrected chi connectivity index (χ2v) is 4.36. The molecule has 1 nitrogen and oxygen atoms in total. The van der Waals surface area contributed by atoms with E-state index in [9.17, 15) is 4.79 Å². The van der Waals surface area contributed by atoms with Crippen LogP contribution in [0.2, 0.25) is 5.02 Å². The fourth-order valence-corrected chi connectivity index (χ4v) is 1.99. The second-order valence-electron chi connectivity index (χ2n) is 3.95. The molecule has 1 aliphatic carbocycles. The van der Waals surface area contributed by atoms with Crippen molar-refractivity contribution < 1.29 is 4.79 Å². The van der Waals surface area contributed by atoms with Gasteiger partial charge in [-0.1, -0.05) is 23.7 Å². The first kappa shape index (κ1) is 10.4. The van der Waals surface area contributed by atoms with Gasteiger partial charge in [0.05, 0.1) is 0 Å². The van der Waals surface area contributed by atoms with Crippen molar-refractivity contribution in [3.63, 3.8) is 0 Å². The average molecular weight is 221 g/mol. The van der Waals surface area contributed by atoms with Crippen LogP contribution in [0.5, 0.6) is 0 Å². The molecule has 1 aliphatic rings. The highest BCUT2D eigenvalue weighted by Crippen LogP contribution is 2.28. The molecular formula is C13H13ClO. The van der Waals surface area contributed by atoms with E-state index in [-0.39, 0.29) is 5.78 Å². The molecular weight excluding hydrogens is 208 g/mol. The molecule has 0 saturated heterocycles. The summed E-state index contributed by atoms with van der Waals surface area (Å²) < 4.78 is 0. The molecule has 0 aliphatic heterocycles. The predicted octanol–water partition coefficient (Wildman–Crippen LogP) is 3.78. The van der Waals surface area contributed by atoms with Crippen molar-refractivity contribution in [2.75, 3.05) is 0 Å². The number of hydrogen-bond acceptors (Lipinski definition) is 1. The third-order valence-electron chi connectivity index (χ3n) is 2.75. The second kappa shape index (κ2) is 4.19. The Morgan fingerprint density at radius 2 is 2.07 bits per heavy atom. The van der Waals surface area contributed by atoms with E-state index in [1.807, 2.05) is 25.1 Å². The van der Waals surface area contributed by atoms with E-state index in [1.165, 1.54) is 0 Å². The van der Waals surface area contributed by atoms with Crippen LogP contribution in [0.1, 0.15) is 30.4 Å². The van der Waals surface area contributed by atoms with Crippen LogP contribution in [-0.2, 0) is 4.79 Å². The van der Waals surface area contributed by atoms with Crippen molar-refractivity contribution >= 4 is 23.0 Å². The van der Waals surface area contributed by atoms with Crippen molar-refractivity contribution in [2.24, 2.45) is 0 Å². The Hall–Kier alpha value is -1.08. The number of aryl methyl sites for hydroxylation is 1. The highest BCUT2D eigenvalue weighted by Gasteiger charge is 2.11. The first-order chi connectivity index (χ1) is 7.16. The normalized spacial score (nSPS) is 16.4. The Morgan fingerprint density at radius 1 is 1.27 bits per heavy atom. The van der Waals surface area contributed by atoms with Crippen molar-refractivity contribution in [1.82, 2.24) is 0 Å². The van der Waals surface area contributed by atoms with Crippen LogP contribution < -0.4 is 0 Å². The van der Waals surface area contributed by atoms with Gasteiger partial charge in [-0.2, -0.15) is 0 Å². The topological polar surface area (TPSA) is 17.1 Å². The van der Waals surface area contributed by atoms with Gasteiger partial charge in [0.1, 0.15) is 0 Å². The summed E-state index contributed by atoms with van der Waals surface area (Å²) in [5.74, 6) is 0.230. The molecule has 2 rings (SSSR count). The summed E-state index contributed by atoms with van der Waals surface area (Å²) in [5, 5.41) is 0.770. The maximum absolute atomic E-state index is 11.3. The number of carbonyl (C=O) groups excluding carboxylic acids is 1. The maximum atomic E-state index is 11.3. The van der Waals surface area contributed by atoms with Gasteiger partial charge in [0.15, 0.2) is 5.78 Å². The Morgan fingerprint density at radius 3 is 2.73 bits per heavy atom. The van der Waals surface area contributed by atoms with Gasteiger partial charge in [0.2, 0.25) is 0 Å². The summed E-state index contributed by atoms with van der Waals surface area (Å²) in [6.45, 7) is 1.98. The van der Waals surface area contributed by atoms with E-state index in [2.05, 4.69) is 0 Å².